The predicted octanol–water partition coefficient (Wildman–Crippen LogP) is 7.06. The number of ketones is 1. The van der Waals surface area contributed by atoms with Gasteiger partial charge in [-0.25, -0.2) is 0 Å². The molecule has 4 nitrogen and oxygen atoms in total. The zero-order chi connectivity index (χ0) is 27.2. The molecule has 196 valence electrons. The van der Waals surface area contributed by atoms with Crippen molar-refractivity contribution in [3.05, 3.63) is 144 Å². The van der Waals surface area contributed by atoms with Crippen molar-refractivity contribution in [1.29, 1.82) is 0 Å². The smallest absolute Gasteiger partial charge is 0.162 e. The maximum atomic E-state index is 14.1. The molecule has 4 heteroatoms. The highest BCUT2D eigenvalue weighted by Crippen LogP contribution is 2.51. The van der Waals surface area contributed by atoms with Crippen molar-refractivity contribution in [1.82, 2.24) is 0 Å². The van der Waals surface area contributed by atoms with Crippen LogP contribution in [0.3, 0.4) is 0 Å². The lowest BCUT2D eigenvalue weighted by Crippen LogP contribution is -2.44. The summed E-state index contributed by atoms with van der Waals surface area (Å²) in [6.07, 6.45) is 5.90. The molecule has 0 amide bonds. The Bertz CT molecular complexity index is 1460. The molecule has 0 fully saturated rings. The van der Waals surface area contributed by atoms with E-state index in [0.717, 1.165) is 28.0 Å². The minimum absolute atomic E-state index is 0.129. The van der Waals surface area contributed by atoms with E-state index in [2.05, 4.69) is 0 Å². The zero-order valence-electron chi connectivity index (χ0n) is 22.2. The highest BCUT2D eigenvalue weighted by molar-refractivity contribution is 5.98. The molecule has 0 saturated carbocycles. The standard InChI is InChI=1S/C35H32O4/c1-38-30-18-14-26(15-19-30)28-23-32(27-11-7-4-8-12-27)34(33(36)22-13-25-9-5-3-6-10-25)35(37,24-28)29-16-20-31(39-2)21-17-29/h3-22,24,32,34,37H,23H2,1-2H3/t32-,34-,35+/m0/s1. The monoisotopic (exact) mass is 516 g/mol. The fourth-order valence-corrected chi connectivity index (χ4v) is 5.47. The molecule has 39 heavy (non-hydrogen) atoms. The molecule has 3 atom stereocenters. The van der Waals surface area contributed by atoms with Crippen LogP contribution in [-0.2, 0) is 10.4 Å². The van der Waals surface area contributed by atoms with E-state index in [1.807, 2.05) is 121 Å². The summed E-state index contributed by atoms with van der Waals surface area (Å²) >= 11 is 0. The Hall–Kier alpha value is -4.41. The topological polar surface area (TPSA) is 55.8 Å². The molecule has 0 spiro atoms. The van der Waals surface area contributed by atoms with E-state index in [-0.39, 0.29) is 11.7 Å². The first kappa shape index (κ1) is 26.2. The van der Waals surface area contributed by atoms with Gasteiger partial charge in [0.25, 0.3) is 0 Å². The number of hydrogen-bond acceptors (Lipinski definition) is 4. The second-order valence-electron chi connectivity index (χ2n) is 9.80. The molecule has 4 aromatic rings. The molecule has 4 aromatic carbocycles. The summed E-state index contributed by atoms with van der Waals surface area (Å²) in [5, 5.41) is 12.6. The number of rotatable bonds is 8. The summed E-state index contributed by atoms with van der Waals surface area (Å²) < 4.78 is 10.7. The molecule has 0 aromatic heterocycles. The Balaban J connectivity index is 1.67. The van der Waals surface area contributed by atoms with E-state index in [1.54, 1.807) is 20.3 Å². The Morgan fingerprint density at radius 2 is 1.36 bits per heavy atom. The summed E-state index contributed by atoms with van der Waals surface area (Å²) in [6, 6.07) is 34.9. The van der Waals surface area contributed by atoms with E-state index < -0.39 is 11.5 Å². The molecular formula is C35H32O4. The van der Waals surface area contributed by atoms with Crippen LogP contribution in [0, 0.1) is 5.92 Å². The van der Waals surface area contributed by atoms with Crippen LogP contribution in [0.2, 0.25) is 0 Å². The van der Waals surface area contributed by atoms with E-state index in [1.165, 1.54) is 0 Å². The zero-order valence-corrected chi connectivity index (χ0v) is 22.2. The maximum absolute atomic E-state index is 14.1. The molecule has 5 rings (SSSR count). The first-order chi connectivity index (χ1) is 19.0. The summed E-state index contributed by atoms with van der Waals surface area (Å²) in [6.45, 7) is 0. The fourth-order valence-electron chi connectivity index (χ4n) is 5.47. The maximum Gasteiger partial charge on any atom is 0.162 e. The molecule has 0 aliphatic heterocycles. The number of ether oxygens (including phenoxy) is 2. The number of hydrogen-bond donors (Lipinski definition) is 1. The first-order valence-corrected chi connectivity index (χ1v) is 13.1. The van der Waals surface area contributed by atoms with Gasteiger partial charge in [0.2, 0.25) is 0 Å². The van der Waals surface area contributed by atoms with Gasteiger partial charge in [-0.2, -0.15) is 0 Å². The van der Waals surface area contributed by atoms with Crippen LogP contribution < -0.4 is 9.47 Å². The third-order valence-corrected chi connectivity index (χ3v) is 7.50. The van der Waals surface area contributed by atoms with Gasteiger partial charge >= 0.3 is 0 Å². The van der Waals surface area contributed by atoms with Gasteiger partial charge in [0.1, 0.15) is 17.1 Å². The van der Waals surface area contributed by atoms with Gasteiger partial charge in [0.15, 0.2) is 5.78 Å². The highest BCUT2D eigenvalue weighted by atomic mass is 16.5. The van der Waals surface area contributed by atoms with Crippen LogP contribution in [0.4, 0.5) is 0 Å². The Morgan fingerprint density at radius 1 is 0.795 bits per heavy atom. The van der Waals surface area contributed by atoms with Crippen molar-refractivity contribution in [2.75, 3.05) is 14.2 Å². The molecule has 1 aliphatic rings. The predicted molar refractivity (Wildman–Crippen MR) is 156 cm³/mol. The lowest BCUT2D eigenvalue weighted by Gasteiger charge is -2.43. The summed E-state index contributed by atoms with van der Waals surface area (Å²) in [7, 11) is 3.25. The number of benzene rings is 4. The van der Waals surface area contributed by atoms with Gasteiger partial charge in [-0.05, 0) is 70.7 Å². The quantitative estimate of drug-likeness (QED) is 0.255. The molecule has 1 N–H and O–H groups in total. The fraction of sp³-hybridized carbons (Fsp3) is 0.171. The molecule has 0 unspecified atom stereocenters. The average Bonchev–Trinajstić information content (AvgIpc) is 3.00. The van der Waals surface area contributed by atoms with E-state index in [4.69, 9.17) is 9.47 Å². The van der Waals surface area contributed by atoms with E-state index >= 15 is 0 Å². The number of methoxy groups -OCH3 is 2. The normalized spacial score (nSPS) is 20.8. The lowest BCUT2D eigenvalue weighted by atomic mass is 9.63. The molecule has 1 aliphatic carbocycles. The van der Waals surface area contributed by atoms with Gasteiger partial charge in [0.05, 0.1) is 20.1 Å². The third-order valence-electron chi connectivity index (χ3n) is 7.50. The lowest BCUT2D eigenvalue weighted by molar-refractivity contribution is -0.127. The van der Waals surface area contributed by atoms with Gasteiger partial charge in [0, 0.05) is 5.92 Å². The molecular weight excluding hydrogens is 484 g/mol. The van der Waals surface area contributed by atoms with Crippen LogP contribution in [0.25, 0.3) is 11.6 Å². The van der Waals surface area contributed by atoms with E-state index in [0.29, 0.717) is 17.7 Å². The van der Waals surface area contributed by atoms with Crippen molar-refractivity contribution in [2.24, 2.45) is 5.92 Å². The molecule has 0 heterocycles. The van der Waals surface area contributed by atoms with Gasteiger partial charge in [-0.15, -0.1) is 0 Å². The number of carbonyl (C=O) groups is 1. The van der Waals surface area contributed by atoms with Crippen LogP contribution in [-0.4, -0.2) is 25.1 Å². The third kappa shape index (κ3) is 5.57. The van der Waals surface area contributed by atoms with Crippen molar-refractivity contribution in [2.45, 2.75) is 17.9 Å². The van der Waals surface area contributed by atoms with Crippen LogP contribution in [0.15, 0.2) is 121 Å². The molecule has 0 radical (unpaired) electrons. The number of allylic oxidation sites excluding steroid dienone is 2. The second-order valence-corrected chi connectivity index (χ2v) is 9.80. The van der Waals surface area contributed by atoms with Crippen molar-refractivity contribution in [3.63, 3.8) is 0 Å². The van der Waals surface area contributed by atoms with Crippen LogP contribution >= 0.6 is 0 Å². The van der Waals surface area contributed by atoms with E-state index in [9.17, 15) is 9.90 Å². The SMILES string of the molecule is COc1ccc(C2=C[C@@](O)(c3ccc(OC)cc3)[C@H](C(=O)C=Cc3ccccc3)[C@H](c3ccccc3)C2)cc1. The van der Waals surface area contributed by atoms with Gasteiger partial charge in [-0.1, -0.05) is 91.0 Å². The van der Waals surface area contributed by atoms with Crippen molar-refractivity contribution < 1.29 is 19.4 Å². The molecule has 0 saturated heterocycles. The van der Waals surface area contributed by atoms with Crippen LogP contribution in [0.5, 0.6) is 11.5 Å². The number of carbonyl (C=O) groups excluding carboxylic acids is 1. The minimum Gasteiger partial charge on any atom is -0.497 e. The summed E-state index contributed by atoms with van der Waals surface area (Å²) in [4.78, 5) is 14.1. The largest absolute Gasteiger partial charge is 0.497 e. The van der Waals surface area contributed by atoms with Gasteiger partial charge < -0.3 is 14.6 Å². The summed E-state index contributed by atoms with van der Waals surface area (Å²) in [5.41, 5.74) is 2.98. The summed E-state index contributed by atoms with van der Waals surface area (Å²) in [5.74, 6) is 0.322. The second kappa shape index (κ2) is 11.5. The molecule has 0 bridgehead atoms. The Morgan fingerprint density at radius 3 is 1.95 bits per heavy atom. The van der Waals surface area contributed by atoms with Gasteiger partial charge in [-0.3, -0.25) is 4.79 Å². The van der Waals surface area contributed by atoms with Crippen molar-refractivity contribution in [3.8, 4) is 11.5 Å². The highest BCUT2D eigenvalue weighted by Gasteiger charge is 2.48. The Labute approximate surface area is 229 Å². The first-order valence-electron chi connectivity index (χ1n) is 13.1. The minimum atomic E-state index is -1.56. The average molecular weight is 517 g/mol. The number of aliphatic hydroxyl groups is 1. The van der Waals surface area contributed by atoms with Crippen molar-refractivity contribution >= 4 is 17.4 Å². The Kier molecular flexibility index (Phi) is 7.76. The van der Waals surface area contributed by atoms with Crippen LogP contribution in [0.1, 0.15) is 34.6 Å².